The highest BCUT2D eigenvalue weighted by Crippen LogP contribution is 2.42. The minimum Gasteiger partial charge on any atom is -0.308 e. The van der Waals surface area contributed by atoms with E-state index in [0.717, 1.165) is 25.6 Å². The molecule has 2 fully saturated rings. The Morgan fingerprint density at radius 2 is 1.90 bits per heavy atom. The quantitative estimate of drug-likeness (QED) is 0.888. The molecule has 1 unspecified atom stereocenters. The molecule has 1 aliphatic heterocycles. The van der Waals surface area contributed by atoms with Crippen molar-refractivity contribution in [1.29, 1.82) is 0 Å². The summed E-state index contributed by atoms with van der Waals surface area (Å²) in [6.07, 6.45) is 2.73. The Kier molecular flexibility index (Phi) is 4.03. The number of hydrogen-bond donors (Lipinski definition) is 1. The van der Waals surface area contributed by atoms with Gasteiger partial charge in [-0.25, -0.2) is 0 Å². The van der Waals surface area contributed by atoms with Gasteiger partial charge in [-0.05, 0) is 57.2 Å². The first-order chi connectivity index (χ1) is 9.80. The highest BCUT2D eigenvalue weighted by atomic mass is 35.5. The summed E-state index contributed by atoms with van der Waals surface area (Å²) in [5.74, 6) is 0.838. The number of piperazine rings is 1. The molecule has 0 spiro atoms. The summed E-state index contributed by atoms with van der Waals surface area (Å²) < 4.78 is 0. The minimum atomic E-state index is 0.153. The van der Waals surface area contributed by atoms with Gasteiger partial charge in [0.15, 0.2) is 0 Å². The van der Waals surface area contributed by atoms with Gasteiger partial charge in [-0.2, -0.15) is 0 Å². The smallest absolute Gasteiger partial charge is 0.0595 e. The van der Waals surface area contributed by atoms with Gasteiger partial charge in [0.2, 0.25) is 0 Å². The summed E-state index contributed by atoms with van der Waals surface area (Å²) in [6.45, 7) is 10.0. The van der Waals surface area contributed by atoms with E-state index in [-0.39, 0.29) is 11.1 Å². The van der Waals surface area contributed by atoms with Crippen LogP contribution in [0.25, 0.3) is 0 Å². The van der Waals surface area contributed by atoms with Crippen molar-refractivity contribution in [2.45, 2.75) is 51.2 Å². The van der Waals surface area contributed by atoms with Crippen LogP contribution in [0.2, 0.25) is 10.0 Å². The lowest BCUT2D eigenvalue weighted by molar-refractivity contribution is 0.0178. The summed E-state index contributed by atoms with van der Waals surface area (Å²) in [4.78, 5) is 2.58. The zero-order chi connectivity index (χ0) is 15.3. The van der Waals surface area contributed by atoms with Crippen LogP contribution in [0.5, 0.6) is 0 Å². The molecule has 1 atom stereocenters. The predicted octanol–water partition coefficient (Wildman–Crippen LogP) is 4.35. The number of nitrogens with one attached hydrogen (secondary N) is 1. The van der Waals surface area contributed by atoms with Crippen LogP contribution in [0.15, 0.2) is 18.2 Å². The maximum atomic E-state index is 6.16. The molecule has 2 nitrogen and oxygen atoms in total. The van der Waals surface area contributed by atoms with Gasteiger partial charge >= 0.3 is 0 Å². The summed E-state index contributed by atoms with van der Waals surface area (Å²) in [5.41, 5.74) is 1.64. The Bertz CT molecular complexity index is 540. The third-order valence-corrected chi connectivity index (χ3v) is 5.88. The normalized spacial score (nSPS) is 29.6. The first-order valence-corrected chi connectivity index (χ1v) is 8.50. The summed E-state index contributed by atoms with van der Waals surface area (Å²) in [7, 11) is 0. The molecule has 1 saturated heterocycles. The molecule has 0 aromatic heterocycles. The fraction of sp³-hybridized carbons (Fsp3) is 0.647. The van der Waals surface area contributed by atoms with E-state index >= 15 is 0 Å². The van der Waals surface area contributed by atoms with Crippen molar-refractivity contribution in [2.24, 2.45) is 5.92 Å². The molecule has 0 amide bonds. The average Bonchev–Trinajstić information content (AvgIpc) is 3.24. The molecule has 4 heteroatoms. The van der Waals surface area contributed by atoms with Crippen LogP contribution in [0.1, 0.15) is 39.2 Å². The predicted molar refractivity (Wildman–Crippen MR) is 90.1 cm³/mol. The van der Waals surface area contributed by atoms with Crippen LogP contribution in [0.4, 0.5) is 0 Å². The molecule has 1 N–H and O–H groups in total. The van der Waals surface area contributed by atoms with Crippen LogP contribution in [-0.4, -0.2) is 29.1 Å². The first kappa shape index (κ1) is 15.6. The van der Waals surface area contributed by atoms with E-state index in [1.54, 1.807) is 0 Å². The number of rotatable bonds is 3. The Labute approximate surface area is 137 Å². The Morgan fingerprint density at radius 1 is 1.19 bits per heavy atom. The molecule has 1 aliphatic carbocycles. The molecule has 1 aromatic carbocycles. The van der Waals surface area contributed by atoms with E-state index in [9.17, 15) is 0 Å². The van der Waals surface area contributed by atoms with Gasteiger partial charge in [-0.15, -0.1) is 0 Å². The van der Waals surface area contributed by atoms with Gasteiger partial charge in [0, 0.05) is 30.7 Å². The van der Waals surface area contributed by atoms with Crippen molar-refractivity contribution in [3.05, 3.63) is 33.8 Å². The first-order valence-electron chi connectivity index (χ1n) is 7.74. The Hall–Kier alpha value is -0.280. The molecule has 2 aliphatic rings. The molecule has 116 valence electrons. The lowest BCUT2D eigenvalue weighted by Crippen LogP contribution is -2.67. The Balaban J connectivity index is 1.78. The highest BCUT2D eigenvalue weighted by Gasteiger charge is 2.47. The topological polar surface area (TPSA) is 15.3 Å². The second-order valence-corrected chi connectivity index (χ2v) is 8.28. The van der Waals surface area contributed by atoms with Crippen LogP contribution in [-0.2, 0) is 6.54 Å². The van der Waals surface area contributed by atoms with E-state index in [1.807, 2.05) is 12.1 Å². The molecule has 0 radical (unpaired) electrons. The molecular formula is C17H24Cl2N2. The monoisotopic (exact) mass is 326 g/mol. The van der Waals surface area contributed by atoms with Crippen molar-refractivity contribution in [2.75, 3.05) is 13.1 Å². The highest BCUT2D eigenvalue weighted by molar-refractivity contribution is 6.42. The fourth-order valence-electron chi connectivity index (χ4n) is 3.32. The van der Waals surface area contributed by atoms with Crippen LogP contribution in [0, 0.1) is 5.92 Å². The molecule has 21 heavy (non-hydrogen) atoms. The number of hydrogen-bond acceptors (Lipinski definition) is 2. The average molecular weight is 327 g/mol. The van der Waals surface area contributed by atoms with Crippen molar-refractivity contribution in [1.82, 2.24) is 10.2 Å². The van der Waals surface area contributed by atoms with E-state index in [2.05, 4.69) is 37.1 Å². The van der Waals surface area contributed by atoms with E-state index < -0.39 is 0 Å². The molecule has 1 heterocycles. The molecule has 1 aromatic rings. The standard InChI is InChI=1S/C17H24Cl2N2/c1-16(2)10-20-17(3,13-5-6-13)11-21(16)9-12-4-7-14(18)15(19)8-12/h4,7-8,13,20H,5-6,9-11H2,1-3H3. The van der Waals surface area contributed by atoms with Gasteiger partial charge in [-0.1, -0.05) is 29.3 Å². The van der Waals surface area contributed by atoms with E-state index in [1.165, 1.54) is 18.4 Å². The van der Waals surface area contributed by atoms with Crippen molar-refractivity contribution in [3.8, 4) is 0 Å². The SMILES string of the molecule is CC1(C2CC2)CN(Cc2ccc(Cl)c(Cl)c2)C(C)(C)CN1. The number of benzene rings is 1. The number of halogens is 2. The van der Waals surface area contributed by atoms with Crippen molar-refractivity contribution >= 4 is 23.2 Å². The lowest BCUT2D eigenvalue weighted by Gasteiger charge is -2.51. The molecule has 0 bridgehead atoms. The fourth-order valence-corrected chi connectivity index (χ4v) is 3.64. The number of nitrogens with zero attached hydrogens (tertiary/aromatic N) is 1. The largest absolute Gasteiger partial charge is 0.308 e. The van der Waals surface area contributed by atoms with E-state index in [0.29, 0.717) is 10.0 Å². The third-order valence-electron chi connectivity index (χ3n) is 5.14. The van der Waals surface area contributed by atoms with Gasteiger partial charge in [0.05, 0.1) is 10.0 Å². The second-order valence-electron chi connectivity index (χ2n) is 7.46. The lowest BCUT2D eigenvalue weighted by atomic mass is 9.86. The van der Waals surface area contributed by atoms with E-state index in [4.69, 9.17) is 23.2 Å². The van der Waals surface area contributed by atoms with Crippen LogP contribution in [0.3, 0.4) is 0 Å². The third kappa shape index (κ3) is 3.24. The Morgan fingerprint density at radius 3 is 2.52 bits per heavy atom. The van der Waals surface area contributed by atoms with Gasteiger partial charge in [0.25, 0.3) is 0 Å². The van der Waals surface area contributed by atoms with Crippen LogP contribution < -0.4 is 5.32 Å². The minimum absolute atomic E-state index is 0.153. The van der Waals surface area contributed by atoms with Gasteiger partial charge in [-0.3, -0.25) is 4.90 Å². The summed E-state index contributed by atoms with van der Waals surface area (Å²) in [6, 6.07) is 5.98. The summed E-state index contributed by atoms with van der Waals surface area (Å²) in [5, 5.41) is 5.07. The zero-order valence-corrected chi connectivity index (χ0v) is 14.6. The molecule has 1 saturated carbocycles. The zero-order valence-electron chi connectivity index (χ0n) is 13.0. The van der Waals surface area contributed by atoms with Crippen molar-refractivity contribution < 1.29 is 0 Å². The van der Waals surface area contributed by atoms with Crippen molar-refractivity contribution in [3.63, 3.8) is 0 Å². The summed E-state index contributed by atoms with van der Waals surface area (Å²) >= 11 is 12.2. The maximum Gasteiger partial charge on any atom is 0.0595 e. The maximum absolute atomic E-state index is 6.16. The molecule has 3 rings (SSSR count). The van der Waals surface area contributed by atoms with Crippen LogP contribution >= 0.6 is 23.2 Å². The van der Waals surface area contributed by atoms with Gasteiger partial charge < -0.3 is 5.32 Å². The molecular weight excluding hydrogens is 303 g/mol. The van der Waals surface area contributed by atoms with Gasteiger partial charge in [0.1, 0.15) is 0 Å². The second kappa shape index (κ2) is 5.42.